The van der Waals surface area contributed by atoms with E-state index in [2.05, 4.69) is 27.2 Å². The summed E-state index contributed by atoms with van der Waals surface area (Å²) in [5.41, 5.74) is 1.70. The highest BCUT2D eigenvalue weighted by molar-refractivity contribution is 5.94. The molecule has 1 aromatic rings. The van der Waals surface area contributed by atoms with Crippen LogP contribution in [0.2, 0.25) is 0 Å². The number of benzene rings is 1. The molecule has 0 spiro atoms. The Morgan fingerprint density at radius 2 is 1.58 bits per heavy atom. The number of piperidine rings is 1. The lowest BCUT2D eigenvalue weighted by Gasteiger charge is -2.38. The molecule has 7 nitrogen and oxygen atoms in total. The van der Waals surface area contributed by atoms with Crippen LogP contribution < -0.4 is 10.2 Å². The maximum Gasteiger partial charge on any atom is 0.410 e. The summed E-state index contributed by atoms with van der Waals surface area (Å²) in [5.74, 6) is 1.09. The number of nitrogens with one attached hydrogen (secondary N) is 1. The fraction of sp³-hybridized carbons (Fsp3) is 0.692. The van der Waals surface area contributed by atoms with Crippen molar-refractivity contribution in [3.05, 3.63) is 24.3 Å². The van der Waals surface area contributed by atoms with E-state index in [9.17, 15) is 9.59 Å². The van der Waals surface area contributed by atoms with Crippen LogP contribution in [-0.4, -0.2) is 73.2 Å². The van der Waals surface area contributed by atoms with Gasteiger partial charge in [-0.2, -0.15) is 0 Å². The lowest BCUT2D eigenvalue weighted by molar-refractivity contribution is -0.117. The molecule has 0 unspecified atom stereocenters. The summed E-state index contributed by atoms with van der Waals surface area (Å²) >= 11 is 0. The molecule has 2 aliphatic heterocycles. The van der Waals surface area contributed by atoms with Gasteiger partial charge >= 0.3 is 6.09 Å². The van der Waals surface area contributed by atoms with Crippen molar-refractivity contribution in [2.45, 2.75) is 58.5 Å². The van der Waals surface area contributed by atoms with E-state index >= 15 is 0 Å². The van der Waals surface area contributed by atoms with Crippen molar-refractivity contribution in [3.63, 3.8) is 0 Å². The summed E-state index contributed by atoms with van der Waals surface area (Å²) in [4.78, 5) is 31.0. The van der Waals surface area contributed by atoms with Crippen molar-refractivity contribution >= 4 is 23.4 Å². The van der Waals surface area contributed by atoms with Crippen LogP contribution in [0.4, 0.5) is 16.2 Å². The quantitative estimate of drug-likeness (QED) is 0.695. The summed E-state index contributed by atoms with van der Waals surface area (Å²) in [6, 6.07) is 8.28. The molecule has 3 fully saturated rings. The summed E-state index contributed by atoms with van der Waals surface area (Å²) in [6.07, 6.45) is 5.23. The van der Waals surface area contributed by atoms with E-state index in [4.69, 9.17) is 4.74 Å². The van der Waals surface area contributed by atoms with Gasteiger partial charge in [0.25, 0.3) is 0 Å². The van der Waals surface area contributed by atoms with E-state index in [0.717, 1.165) is 77.2 Å². The maximum atomic E-state index is 12.2. The molecule has 0 atom stereocenters. The molecule has 182 valence electrons. The smallest absolute Gasteiger partial charge is 0.410 e. The zero-order chi connectivity index (χ0) is 23.4. The number of hydrogen-bond donors (Lipinski definition) is 1. The Hall–Kier alpha value is -2.28. The van der Waals surface area contributed by atoms with Crippen molar-refractivity contribution < 1.29 is 14.3 Å². The number of carbonyl (C=O) groups excluding carboxylic acids is 2. The number of ether oxygens (including phenoxy) is 1. The molecule has 1 N–H and O–H groups in total. The maximum absolute atomic E-state index is 12.2. The standard InChI is InChI=1S/C26H40N4O3/c1-26(2,3)33-25(32)30-14-11-20(12-15-30)10-13-28-16-18-29(19-17-28)23-8-6-22(7-9-23)27-24(31)21-4-5-21/h6-9,20-21H,4-5,10-19H2,1-3H3,(H,27,31). The summed E-state index contributed by atoms with van der Waals surface area (Å²) in [6.45, 7) is 12.7. The van der Waals surface area contributed by atoms with E-state index in [0.29, 0.717) is 5.92 Å². The number of hydrogen-bond acceptors (Lipinski definition) is 5. The second kappa shape index (κ2) is 10.3. The molecule has 3 aliphatic rings. The molecule has 0 aromatic heterocycles. The normalized spacial score (nSPS) is 20.6. The van der Waals surface area contributed by atoms with Crippen LogP contribution in [0, 0.1) is 11.8 Å². The van der Waals surface area contributed by atoms with Gasteiger partial charge in [-0.25, -0.2) is 4.79 Å². The minimum Gasteiger partial charge on any atom is -0.444 e. The van der Waals surface area contributed by atoms with Gasteiger partial charge in [0.05, 0.1) is 0 Å². The van der Waals surface area contributed by atoms with Crippen molar-refractivity contribution in [3.8, 4) is 0 Å². The third-order valence-electron chi connectivity index (χ3n) is 6.94. The first kappa shape index (κ1) is 23.9. The first-order valence-corrected chi connectivity index (χ1v) is 12.6. The van der Waals surface area contributed by atoms with Gasteiger partial charge in [0, 0.05) is 56.6 Å². The van der Waals surface area contributed by atoms with E-state index in [-0.39, 0.29) is 17.9 Å². The summed E-state index contributed by atoms with van der Waals surface area (Å²) in [5, 5.41) is 3.01. The summed E-state index contributed by atoms with van der Waals surface area (Å²) in [7, 11) is 0. The second-order valence-corrected chi connectivity index (χ2v) is 10.8. The lowest BCUT2D eigenvalue weighted by Crippen LogP contribution is -2.47. The largest absolute Gasteiger partial charge is 0.444 e. The topological polar surface area (TPSA) is 65.1 Å². The van der Waals surface area contributed by atoms with E-state index in [1.807, 2.05) is 37.8 Å². The average molecular weight is 457 g/mol. The molecule has 0 radical (unpaired) electrons. The molecule has 2 amide bonds. The van der Waals surface area contributed by atoms with Gasteiger partial charge in [0.1, 0.15) is 5.60 Å². The number of rotatable bonds is 6. The SMILES string of the molecule is CC(C)(C)OC(=O)N1CCC(CCN2CCN(c3ccc(NC(=O)C4CC4)cc3)CC2)CC1. The molecular weight excluding hydrogens is 416 g/mol. The minimum atomic E-state index is -0.426. The van der Waals surface area contributed by atoms with Crippen LogP contribution in [0.15, 0.2) is 24.3 Å². The Balaban J connectivity index is 1.13. The van der Waals surface area contributed by atoms with Crippen LogP contribution in [0.5, 0.6) is 0 Å². The van der Waals surface area contributed by atoms with Gasteiger partial charge in [-0.15, -0.1) is 0 Å². The van der Waals surface area contributed by atoms with Crippen LogP contribution in [0.1, 0.15) is 52.9 Å². The fourth-order valence-corrected chi connectivity index (χ4v) is 4.67. The monoisotopic (exact) mass is 456 g/mol. The Morgan fingerprint density at radius 1 is 0.939 bits per heavy atom. The molecule has 4 rings (SSSR count). The van der Waals surface area contributed by atoms with E-state index in [1.165, 1.54) is 12.1 Å². The van der Waals surface area contributed by atoms with Gasteiger partial charge in [-0.05, 0) is 89.6 Å². The molecule has 1 aromatic carbocycles. The van der Waals surface area contributed by atoms with Crippen LogP contribution in [0.25, 0.3) is 0 Å². The summed E-state index contributed by atoms with van der Waals surface area (Å²) < 4.78 is 5.50. The predicted molar refractivity (Wildman–Crippen MR) is 132 cm³/mol. The number of carbonyl (C=O) groups is 2. The lowest BCUT2D eigenvalue weighted by atomic mass is 9.93. The van der Waals surface area contributed by atoms with Gasteiger partial charge in [0.2, 0.25) is 5.91 Å². The highest BCUT2D eigenvalue weighted by Crippen LogP contribution is 2.30. The minimum absolute atomic E-state index is 0.159. The molecule has 2 saturated heterocycles. The molecule has 7 heteroatoms. The zero-order valence-corrected chi connectivity index (χ0v) is 20.5. The van der Waals surface area contributed by atoms with E-state index < -0.39 is 5.60 Å². The van der Waals surface area contributed by atoms with Crippen molar-refractivity contribution in [2.24, 2.45) is 11.8 Å². The average Bonchev–Trinajstić information content (AvgIpc) is 3.63. The molecular formula is C26H40N4O3. The Kier molecular flexibility index (Phi) is 7.47. The van der Waals surface area contributed by atoms with Gasteiger partial charge in [-0.1, -0.05) is 0 Å². The van der Waals surface area contributed by atoms with Crippen LogP contribution in [-0.2, 0) is 9.53 Å². The number of likely N-dealkylation sites (tertiary alicyclic amines) is 1. The number of nitrogens with zero attached hydrogens (tertiary/aromatic N) is 3. The van der Waals surface area contributed by atoms with Gasteiger partial charge in [-0.3, -0.25) is 9.69 Å². The van der Waals surface area contributed by atoms with Gasteiger partial charge in [0.15, 0.2) is 0 Å². The highest BCUT2D eigenvalue weighted by atomic mass is 16.6. The number of piperazine rings is 1. The van der Waals surface area contributed by atoms with Crippen molar-refractivity contribution in [2.75, 3.05) is 56.0 Å². The highest BCUT2D eigenvalue weighted by Gasteiger charge is 2.30. The Morgan fingerprint density at radius 3 is 2.15 bits per heavy atom. The number of anilines is 2. The predicted octanol–water partition coefficient (Wildman–Crippen LogP) is 4.19. The number of amides is 2. The first-order valence-electron chi connectivity index (χ1n) is 12.6. The Bertz CT molecular complexity index is 800. The third kappa shape index (κ3) is 7.10. The van der Waals surface area contributed by atoms with Crippen molar-refractivity contribution in [1.29, 1.82) is 0 Å². The Labute approximate surface area is 198 Å². The van der Waals surface area contributed by atoms with Gasteiger partial charge < -0.3 is 19.9 Å². The molecule has 2 heterocycles. The molecule has 33 heavy (non-hydrogen) atoms. The third-order valence-corrected chi connectivity index (χ3v) is 6.94. The van der Waals surface area contributed by atoms with Crippen molar-refractivity contribution in [1.82, 2.24) is 9.80 Å². The zero-order valence-electron chi connectivity index (χ0n) is 20.5. The van der Waals surface area contributed by atoms with E-state index in [1.54, 1.807) is 0 Å². The molecule has 1 aliphatic carbocycles. The second-order valence-electron chi connectivity index (χ2n) is 10.8. The first-order chi connectivity index (χ1) is 15.8. The van der Waals surface area contributed by atoms with Crippen LogP contribution in [0.3, 0.4) is 0 Å². The molecule has 0 bridgehead atoms. The van der Waals surface area contributed by atoms with Crippen LogP contribution >= 0.6 is 0 Å². The fourth-order valence-electron chi connectivity index (χ4n) is 4.67. The molecule has 1 saturated carbocycles.